The van der Waals surface area contributed by atoms with Crippen LogP contribution in [0.3, 0.4) is 0 Å². The molecule has 5 heteroatoms. The average molecular weight is 285 g/mol. The Morgan fingerprint density at radius 2 is 1.81 bits per heavy atom. The van der Waals surface area contributed by atoms with Crippen molar-refractivity contribution in [3.8, 4) is 0 Å². The maximum absolute atomic E-state index is 12.5. The summed E-state index contributed by atoms with van der Waals surface area (Å²) in [4.78, 5) is 27.7. The fourth-order valence-electron chi connectivity index (χ4n) is 3.05. The molecule has 0 aliphatic heterocycles. The molecule has 21 heavy (non-hydrogen) atoms. The van der Waals surface area contributed by atoms with E-state index in [1.807, 2.05) is 30.3 Å². The van der Waals surface area contributed by atoms with Gasteiger partial charge in [0.05, 0.1) is 5.41 Å². The van der Waals surface area contributed by atoms with E-state index in [1.165, 1.54) is 0 Å². The molecule has 1 fully saturated rings. The molecular formula is C16H19N3O2. The second-order valence-electron chi connectivity index (χ2n) is 5.50. The number of azide groups is 1. The summed E-state index contributed by atoms with van der Waals surface area (Å²) in [6.45, 7) is 0.327. The van der Waals surface area contributed by atoms with E-state index in [2.05, 4.69) is 10.0 Å². The molecule has 110 valence electrons. The van der Waals surface area contributed by atoms with Crippen LogP contribution in [0.1, 0.15) is 37.7 Å². The molecule has 0 unspecified atom stereocenters. The summed E-state index contributed by atoms with van der Waals surface area (Å²) in [6.07, 6.45) is 3.10. The van der Waals surface area contributed by atoms with Crippen LogP contribution in [-0.4, -0.2) is 18.1 Å². The molecule has 1 aliphatic rings. The van der Waals surface area contributed by atoms with Crippen LogP contribution in [0.5, 0.6) is 0 Å². The van der Waals surface area contributed by atoms with Gasteiger partial charge in [-0.05, 0) is 36.8 Å². The maximum atomic E-state index is 12.5. The highest BCUT2D eigenvalue weighted by molar-refractivity contribution is 6.09. The van der Waals surface area contributed by atoms with Crippen molar-refractivity contribution < 1.29 is 9.59 Å². The van der Waals surface area contributed by atoms with Crippen LogP contribution in [0.4, 0.5) is 0 Å². The number of nitrogens with zero attached hydrogens (tertiary/aromatic N) is 3. The Bertz CT molecular complexity index is 546. The Kier molecular flexibility index (Phi) is 5.12. The molecule has 0 heterocycles. The fourth-order valence-corrected chi connectivity index (χ4v) is 3.05. The molecule has 2 rings (SSSR count). The zero-order valence-electron chi connectivity index (χ0n) is 12.0. The van der Waals surface area contributed by atoms with Crippen molar-refractivity contribution in [1.29, 1.82) is 0 Å². The summed E-state index contributed by atoms with van der Waals surface area (Å²) in [7, 11) is 0. The number of Topliss-reactive ketones (excluding diaryl/α,β-unsaturated/α-hetero) is 2. The minimum absolute atomic E-state index is 0.0449. The largest absolute Gasteiger partial charge is 0.299 e. The Morgan fingerprint density at radius 1 is 1.14 bits per heavy atom. The normalized spacial score (nSPS) is 17.3. The van der Waals surface area contributed by atoms with Gasteiger partial charge in [0.25, 0.3) is 0 Å². The molecule has 0 atom stereocenters. The third-order valence-corrected chi connectivity index (χ3v) is 4.15. The number of hydrogen-bond acceptors (Lipinski definition) is 3. The third kappa shape index (κ3) is 3.50. The number of carbonyl (C=O) groups excluding carboxylic acids is 2. The first-order chi connectivity index (χ1) is 10.2. The first kappa shape index (κ1) is 15.3. The van der Waals surface area contributed by atoms with Gasteiger partial charge in [0, 0.05) is 24.3 Å². The third-order valence-electron chi connectivity index (χ3n) is 4.15. The fraction of sp³-hybridized carbons (Fsp3) is 0.500. The topological polar surface area (TPSA) is 82.9 Å². The maximum Gasteiger partial charge on any atom is 0.146 e. The zero-order valence-corrected chi connectivity index (χ0v) is 12.0. The molecule has 0 radical (unpaired) electrons. The van der Waals surface area contributed by atoms with Crippen LogP contribution in [0, 0.1) is 5.41 Å². The Morgan fingerprint density at radius 3 is 2.43 bits per heavy atom. The van der Waals surface area contributed by atoms with E-state index in [-0.39, 0.29) is 11.6 Å². The Labute approximate surface area is 124 Å². The standard InChI is InChI=1S/C16H19N3O2/c17-19-18-11-5-10-16(12-13-6-2-1-3-7-13)14(20)8-4-9-15(16)21/h1-3,6-7H,4-5,8-12H2. The second-order valence-corrected chi connectivity index (χ2v) is 5.50. The number of carbonyl (C=O) groups is 2. The molecule has 1 aromatic carbocycles. The van der Waals surface area contributed by atoms with Crippen LogP contribution in [0.15, 0.2) is 35.4 Å². The van der Waals surface area contributed by atoms with Crippen molar-refractivity contribution in [1.82, 2.24) is 0 Å². The number of benzene rings is 1. The predicted octanol–water partition coefficient (Wildman–Crippen LogP) is 3.63. The van der Waals surface area contributed by atoms with Crippen molar-refractivity contribution in [3.05, 3.63) is 46.3 Å². The van der Waals surface area contributed by atoms with Crippen molar-refractivity contribution in [2.75, 3.05) is 6.54 Å². The van der Waals surface area contributed by atoms with Gasteiger partial charge >= 0.3 is 0 Å². The molecule has 1 saturated carbocycles. The van der Waals surface area contributed by atoms with Crippen LogP contribution in [-0.2, 0) is 16.0 Å². The quantitative estimate of drug-likeness (QED) is 0.263. The van der Waals surface area contributed by atoms with Crippen molar-refractivity contribution in [3.63, 3.8) is 0 Å². The van der Waals surface area contributed by atoms with Gasteiger partial charge in [0.15, 0.2) is 0 Å². The minimum Gasteiger partial charge on any atom is -0.299 e. The van der Waals surface area contributed by atoms with Crippen molar-refractivity contribution in [2.24, 2.45) is 10.5 Å². The molecule has 1 aromatic rings. The van der Waals surface area contributed by atoms with Crippen LogP contribution in [0.2, 0.25) is 0 Å². The highest BCUT2D eigenvalue weighted by Crippen LogP contribution is 2.38. The lowest BCUT2D eigenvalue weighted by molar-refractivity contribution is -0.144. The molecule has 0 N–H and O–H groups in total. The molecule has 0 amide bonds. The van der Waals surface area contributed by atoms with E-state index < -0.39 is 5.41 Å². The second kappa shape index (κ2) is 7.04. The SMILES string of the molecule is [N-]=[N+]=NCCCC1(Cc2ccccc2)C(=O)CCCC1=O. The van der Waals surface area contributed by atoms with E-state index in [4.69, 9.17) is 5.53 Å². The smallest absolute Gasteiger partial charge is 0.146 e. The summed E-state index contributed by atoms with van der Waals surface area (Å²) >= 11 is 0. The Balaban J connectivity index is 2.22. The van der Waals surface area contributed by atoms with Gasteiger partial charge in [0.2, 0.25) is 0 Å². The van der Waals surface area contributed by atoms with E-state index in [9.17, 15) is 9.59 Å². The van der Waals surface area contributed by atoms with Gasteiger partial charge < -0.3 is 0 Å². The van der Waals surface area contributed by atoms with E-state index in [0.29, 0.717) is 45.1 Å². The monoisotopic (exact) mass is 285 g/mol. The summed E-state index contributed by atoms with van der Waals surface area (Å²) in [5.41, 5.74) is 8.42. The number of ketones is 2. The molecule has 0 aromatic heterocycles. The molecular weight excluding hydrogens is 266 g/mol. The summed E-state index contributed by atoms with van der Waals surface area (Å²) in [5.74, 6) is 0.0899. The molecule has 1 aliphatic carbocycles. The van der Waals surface area contributed by atoms with E-state index >= 15 is 0 Å². The van der Waals surface area contributed by atoms with Crippen molar-refractivity contribution in [2.45, 2.75) is 38.5 Å². The number of rotatable bonds is 6. The van der Waals surface area contributed by atoms with Crippen LogP contribution in [0.25, 0.3) is 10.4 Å². The highest BCUT2D eigenvalue weighted by atomic mass is 16.2. The van der Waals surface area contributed by atoms with Gasteiger partial charge in [-0.2, -0.15) is 0 Å². The summed E-state index contributed by atoms with van der Waals surface area (Å²) in [5, 5.41) is 3.50. The summed E-state index contributed by atoms with van der Waals surface area (Å²) in [6, 6.07) is 9.65. The minimum atomic E-state index is -0.912. The van der Waals surface area contributed by atoms with Crippen molar-refractivity contribution >= 4 is 11.6 Å². The van der Waals surface area contributed by atoms with Gasteiger partial charge in [0.1, 0.15) is 11.6 Å². The average Bonchev–Trinajstić information content (AvgIpc) is 2.50. The lowest BCUT2D eigenvalue weighted by Gasteiger charge is -2.34. The molecule has 0 bridgehead atoms. The van der Waals surface area contributed by atoms with Gasteiger partial charge in [-0.15, -0.1) is 0 Å². The first-order valence-corrected chi connectivity index (χ1v) is 7.30. The van der Waals surface area contributed by atoms with Gasteiger partial charge in [-0.3, -0.25) is 9.59 Å². The molecule has 0 spiro atoms. The molecule has 5 nitrogen and oxygen atoms in total. The number of hydrogen-bond donors (Lipinski definition) is 0. The Hall–Kier alpha value is -2.13. The zero-order chi connectivity index (χ0) is 15.1. The van der Waals surface area contributed by atoms with Crippen LogP contribution >= 0.6 is 0 Å². The van der Waals surface area contributed by atoms with Gasteiger partial charge in [-0.1, -0.05) is 35.4 Å². The van der Waals surface area contributed by atoms with E-state index in [1.54, 1.807) is 0 Å². The van der Waals surface area contributed by atoms with Crippen LogP contribution < -0.4 is 0 Å². The van der Waals surface area contributed by atoms with Gasteiger partial charge in [-0.25, -0.2) is 0 Å². The predicted molar refractivity (Wildman–Crippen MR) is 79.7 cm³/mol. The lowest BCUT2D eigenvalue weighted by Crippen LogP contribution is -2.44. The first-order valence-electron chi connectivity index (χ1n) is 7.30. The summed E-state index contributed by atoms with van der Waals surface area (Å²) < 4.78 is 0. The lowest BCUT2D eigenvalue weighted by atomic mass is 9.66. The van der Waals surface area contributed by atoms with E-state index in [0.717, 1.165) is 5.56 Å². The highest BCUT2D eigenvalue weighted by Gasteiger charge is 2.45. The molecule has 0 saturated heterocycles.